The fourth-order valence-corrected chi connectivity index (χ4v) is 5.37. The molecule has 0 bridgehead atoms. The SMILES string of the molecule is O=S(=O)(c1ccc2ccccc2c1)N1CCN(Cc2ncc(-c3ccccc3)o2)CC1. The van der Waals surface area contributed by atoms with Gasteiger partial charge in [-0.15, -0.1) is 0 Å². The van der Waals surface area contributed by atoms with Gasteiger partial charge in [-0.3, -0.25) is 4.90 Å². The van der Waals surface area contributed by atoms with Crippen LogP contribution in [-0.4, -0.2) is 48.8 Å². The average Bonchev–Trinajstić information content (AvgIpc) is 3.28. The third kappa shape index (κ3) is 4.12. The molecule has 0 unspecified atom stereocenters. The number of benzene rings is 3. The van der Waals surface area contributed by atoms with E-state index in [4.69, 9.17) is 4.42 Å². The third-order valence-corrected chi connectivity index (χ3v) is 7.56. The number of fused-ring (bicyclic) bond motifs is 1. The van der Waals surface area contributed by atoms with E-state index in [9.17, 15) is 8.42 Å². The number of rotatable bonds is 5. The minimum absolute atomic E-state index is 0.347. The van der Waals surface area contributed by atoms with Gasteiger partial charge in [0.2, 0.25) is 15.9 Å². The van der Waals surface area contributed by atoms with Gasteiger partial charge in [-0.25, -0.2) is 13.4 Å². The van der Waals surface area contributed by atoms with Crippen molar-refractivity contribution in [2.75, 3.05) is 26.2 Å². The van der Waals surface area contributed by atoms with Gasteiger partial charge in [-0.1, -0.05) is 60.7 Å². The summed E-state index contributed by atoms with van der Waals surface area (Å²) in [5.41, 5.74) is 0.993. The Labute approximate surface area is 181 Å². The number of nitrogens with zero attached hydrogens (tertiary/aromatic N) is 3. The zero-order valence-corrected chi connectivity index (χ0v) is 17.8. The summed E-state index contributed by atoms with van der Waals surface area (Å²) in [7, 11) is -3.51. The lowest BCUT2D eigenvalue weighted by Gasteiger charge is -2.33. The molecule has 6 nitrogen and oxygen atoms in total. The van der Waals surface area contributed by atoms with Crippen LogP contribution in [0.15, 0.2) is 88.3 Å². The highest BCUT2D eigenvalue weighted by Crippen LogP contribution is 2.24. The average molecular weight is 434 g/mol. The summed E-state index contributed by atoms with van der Waals surface area (Å²) in [4.78, 5) is 6.91. The molecule has 2 heterocycles. The normalized spacial score (nSPS) is 16.0. The molecule has 1 aromatic heterocycles. The van der Waals surface area contributed by atoms with E-state index in [1.54, 1.807) is 22.6 Å². The van der Waals surface area contributed by atoms with Gasteiger partial charge in [0, 0.05) is 31.7 Å². The molecule has 0 amide bonds. The van der Waals surface area contributed by atoms with Crippen molar-refractivity contribution in [2.45, 2.75) is 11.4 Å². The predicted molar refractivity (Wildman–Crippen MR) is 120 cm³/mol. The Morgan fingerprint density at radius 2 is 1.55 bits per heavy atom. The van der Waals surface area contributed by atoms with E-state index in [0.717, 1.165) is 22.1 Å². The minimum Gasteiger partial charge on any atom is -0.439 e. The van der Waals surface area contributed by atoms with Crippen LogP contribution in [0.4, 0.5) is 0 Å². The van der Waals surface area contributed by atoms with Crippen molar-refractivity contribution >= 4 is 20.8 Å². The van der Waals surface area contributed by atoms with Crippen molar-refractivity contribution in [3.63, 3.8) is 0 Å². The Morgan fingerprint density at radius 3 is 2.32 bits per heavy atom. The quantitative estimate of drug-likeness (QED) is 0.476. The van der Waals surface area contributed by atoms with Crippen LogP contribution in [0, 0.1) is 0 Å². The Bertz CT molecular complexity index is 1290. The maximum absolute atomic E-state index is 13.1. The molecular weight excluding hydrogens is 410 g/mol. The van der Waals surface area contributed by atoms with Gasteiger partial charge in [-0.2, -0.15) is 4.31 Å². The first-order valence-electron chi connectivity index (χ1n) is 10.3. The minimum atomic E-state index is -3.51. The molecule has 0 radical (unpaired) electrons. The van der Waals surface area contributed by atoms with Gasteiger partial charge in [0.25, 0.3) is 0 Å². The van der Waals surface area contributed by atoms with Crippen LogP contribution in [0.1, 0.15) is 5.89 Å². The van der Waals surface area contributed by atoms with E-state index in [1.807, 2.05) is 60.7 Å². The number of oxazole rings is 1. The number of hydrogen-bond donors (Lipinski definition) is 0. The predicted octanol–water partition coefficient (Wildman–Crippen LogP) is 4.00. The molecule has 1 saturated heterocycles. The highest BCUT2D eigenvalue weighted by atomic mass is 32.2. The molecule has 0 saturated carbocycles. The number of sulfonamides is 1. The molecule has 1 aliphatic heterocycles. The molecule has 3 aromatic carbocycles. The molecule has 158 valence electrons. The first kappa shape index (κ1) is 19.9. The Balaban J connectivity index is 1.24. The second kappa shape index (κ2) is 8.26. The largest absolute Gasteiger partial charge is 0.439 e. The third-order valence-electron chi connectivity index (χ3n) is 5.66. The second-order valence-electron chi connectivity index (χ2n) is 7.67. The van der Waals surface area contributed by atoms with Crippen molar-refractivity contribution in [1.82, 2.24) is 14.2 Å². The van der Waals surface area contributed by atoms with Crippen molar-refractivity contribution in [3.05, 3.63) is 84.9 Å². The van der Waals surface area contributed by atoms with E-state index in [2.05, 4.69) is 9.88 Å². The highest BCUT2D eigenvalue weighted by Gasteiger charge is 2.29. The van der Waals surface area contributed by atoms with Crippen LogP contribution in [-0.2, 0) is 16.6 Å². The van der Waals surface area contributed by atoms with Gasteiger partial charge < -0.3 is 4.42 Å². The summed E-state index contributed by atoms with van der Waals surface area (Å²) in [6.07, 6.45) is 1.74. The summed E-state index contributed by atoms with van der Waals surface area (Å²) >= 11 is 0. The fraction of sp³-hybridized carbons (Fsp3) is 0.208. The number of hydrogen-bond acceptors (Lipinski definition) is 5. The van der Waals surface area contributed by atoms with Crippen LogP contribution in [0.25, 0.3) is 22.1 Å². The number of aromatic nitrogens is 1. The summed E-state index contributed by atoms with van der Waals surface area (Å²) in [6, 6.07) is 23.0. The molecule has 0 atom stereocenters. The van der Waals surface area contributed by atoms with Crippen LogP contribution in [0.2, 0.25) is 0 Å². The van der Waals surface area contributed by atoms with Gasteiger partial charge in [0.1, 0.15) is 0 Å². The van der Waals surface area contributed by atoms with Crippen LogP contribution in [0.5, 0.6) is 0 Å². The van der Waals surface area contributed by atoms with E-state index in [0.29, 0.717) is 43.5 Å². The standard InChI is InChI=1S/C24H23N3O3S/c28-31(29,22-11-10-19-6-4-5-9-21(19)16-22)27-14-12-26(13-15-27)18-24-25-17-23(30-24)20-7-2-1-3-8-20/h1-11,16-17H,12-15,18H2. The van der Waals surface area contributed by atoms with Crippen molar-refractivity contribution in [2.24, 2.45) is 0 Å². The zero-order valence-electron chi connectivity index (χ0n) is 17.0. The Hall–Kier alpha value is -3.00. The van der Waals surface area contributed by atoms with Gasteiger partial charge in [0.05, 0.1) is 17.6 Å². The molecule has 1 aliphatic rings. The molecule has 4 aromatic rings. The lowest BCUT2D eigenvalue weighted by Crippen LogP contribution is -2.48. The smallest absolute Gasteiger partial charge is 0.243 e. The van der Waals surface area contributed by atoms with Crippen molar-refractivity contribution in [1.29, 1.82) is 0 Å². The molecule has 0 aliphatic carbocycles. The summed E-state index contributed by atoms with van der Waals surface area (Å²) in [5.74, 6) is 1.39. The maximum atomic E-state index is 13.1. The van der Waals surface area contributed by atoms with Crippen LogP contribution < -0.4 is 0 Å². The van der Waals surface area contributed by atoms with Crippen LogP contribution in [0.3, 0.4) is 0 Å². The van der Waals surface area contributed by atoms with E-state index < -0.39 is 10.0 Å². The molecule has 5 rings (SSSR count). The Morgan fingerprint density at radius 1 is 0.839 bits per heavy atom. The van der Waals surface area contributed by atoms with Gasteiger partial charge in [0.15, 0.2) is 5.76 Å². The molecule has 1 fully saturated rings. The molecule has 0 N–H and O–H groups in total. The second-order valence-corrected chi connectivity index (χ2v) is 9.61. The highest BCUT2D eigenvalue weighted by molar-refractivity contribution is 7.89. The topological polar surface area (TPSA) is 66.7 Å². The lowest BCUT2D eigenvalue weighted by molar-refractivity contribution is 0.169. The van der Waals surface area contributed by atoms with E-state index in [1.165, 1.54) is 0 Å². The summed E-state index contributed by atoms with van der Waals surface area (Å²) in [5, 5.41) is 1.97. The molecule has 31 heavy (non-hydrogen) atoms. The molecular formula is C24H23N3O3S. The monoisotopic (exact) mass is 433 g/mol. The molecule has 7 heteroatoms. The van der Waals surface area contributed by atoms with E-state index >= 15 is 0 Å². The maximum Gasteiger partial charge on any atom is 0.243 e. The number of piperazine rings is 1. The zero-order chi connectivity index (χ0) is 21.3. The first-order chi connectivity index (χ1) is 15.1. The fourth-order valence-electron chi connectivity index (χ4n) is 3.92. The van der Waals surface area contributed by atoms with Gasteiger partial charge in [-0.05, 0) is 22.9 Å². The Kier molecular flexibility index (Phi) is 5.31. The summed E-state index contributed by atoms with van der Waals surface area (Å²) in [6.45, 7) is 2.73. The first-order valence-corrected chi connectivity index (χ1v) is 11.7. The van der Waals surface area contributed by atoms with E-state index in [-0.39, 0.29) is 0 Å². The van der Waals surface area contributed by atoms with Crippen LogP contribution >= 0.6 is 0 Å². The molecule has 0 spiro atoms. The van der Waals surface area contributed by atoms with Crippen molar-refractivity contribution in [3.8, 4) is 11.3 Å². The van der Waals surface area contributed by atoms with Gasteiger partial charge >= 0.3 is 0 Å². The lowest BCUT2D eigenvalue weighted by atomic mass is 10.1. The summed E-state index contributed by atoms with van der Waals surface area (Å²) < 4.78 is 33.7. The van der Waals surface area contributed by atoms with Crippen molar-refractivity contribution < 1.29 is 12.8 Å².